The van der Waals surface area contributed by atoms with Gasteiger partial charge in [-0.1, -0.05) is 13.0 Å². The monoisotopic (exact) mass is 427 g/mol. The van der Waals surface area contributed by atoms with Crippen LogP contribution >= 0.6 is 11.3 Å². The van der Waals surface area contributed by atoms with Crippen molar-refractivity contribution in [2.75, 3.05) is 6.54 Å². The predicted molar refractivity (Wildman–Crippen MR) is 118 cm³/mol. The SMILES string of the molecule is CCC(C)N(CC(=O)N(Cc1ccco1)Cc1cccn1C)C(=O)Cc1cccs1. The number of thiophene rings is 1. The van der Waals surface area contributed by atoms with Crippen molar-refractivity contribution in [1.82, 2.24) is 14.4 Å². The summed E-state index contributed by atoms with van der Waals surface area (Å²) < 4.78 is 7.47. The maximum Gasteiger partial charge on any atom is 0.242 e. The first-order valence-electron chi connectivity index (χ1n) is 10.2. The highest BCUT2D eigenvalue weighted by Crippen LogP contribution is 2.16. The summed E-state index contributed by atoms with van der Waals surface area (Å²) in [6.45, 7) is 4.91. The smallest absolute Gasteiger partial charge is 0.242 e. The number of furan rings is 1. The fourth-order valence-electron chi connectivity index (χ4n) is 3.30. The van der Waals surface area contributed by atoms with Gasteiger partial charge in [0.25, 0.3) is 0 Å². The Balaban J connectivity index is 1.76. The van der Waals surface area contributed by atoms with Gasteiger partial charge in [-0.2, -0.15) is 0 Å². The van der Waals surface area contributed by atoms with Crippen LogP contribution in [-0.4, -0.2) is 38.8 Å². The van der Waals surface area contributed by atoms with E-state index >= 15 is 0 Å². The first kappa shape index (κ1) is 21.9. The quantitative estimate of drug-likeness (QED) is 0.490. The van der Waals surface area contributed by atoms with Gasteiger partial charge in [0.1, 0.15) is 12.3 Å². The van der Waals surface area contributed by atoms with Gasteiger partial charge in [0, 0.05) is 29.9 Å². The van der Waals surface area contributed by atoms with Gasteiger partial charge in [0.15, 0.2) is 0 Å². The van der Waals surface area contributed by atoms with Crippen LogP contribution in [0.2, 0.25) is 0 Å². The highest BCUT2D eigenvalue weighted by Gasteiger charge is 2.26. The Morgan fingerprint density at radius 2 is 1.97 bits per heavy atom. The fourth-order valence-corrected chi connectivity index (χ4v) is 3.99. The largest absolute Gasteiger partial charge is 0.467 e. The van der Waals surface area contributed by atoms with Crippen molar-refractivity contribution in [3.63, 3.8) is 0 Å². The number of hydrogen-bond donors (Lipinski definition) is 0. The van der Waals surface area contributed by atoms with E-state index in [4.69, 9.17) is 4.42 Å². The zero-order valence-corrected chi connectivity index (χ0v) is 18.6. The van der Waals surface area contributed by atoms with Crippen molar-refractivity contribution in [3.8, 4) is 0 Å². The van der Waals surface area contributed by atoms with Gasteiger partial charge < -0.3 is 18.8 Å². The summed E-state index contributed by atoms with van der Waals surface area (Å²) >= 11 is 1.56. The normalized spacial score (nSPS) is 12.0. The number of carbonyl (C=O) groups is 2. The molecule has 2 amide bonds. The highest BCUT2D eigenvalue weighted by molar-refractivity contribution is 7.10. The molecule has 0 aliphatic carbocycles. The number of rotatable bonds is 10. The molecule has 1 atom stereocenters. The molecule has 0 fully saturated rings. The van der Waals surface area contributed by atoms with Crippen LogP contribution in [0.3, 0.4) is 0 Å². The molecule has 0 N–H and O–H groups in total. The minimum absolute atomic E-state index is 0.0121. The Kier molecular flexibility index (Phi) is 7.52. The summed E-state index contributed by atoms with van der Waals surface area (Å²) in [7, 11) is 1.96. The number of aryl methyl sites for hydroxylation is 1. The van der Waals surface area contributed by atoms with Gasteiger partial charge in [-0.05, 0) is 49.1 Å². The third kappa shape index (κ3) is 5.63. The molecule has 3 rings (SSSR count). The van der Waals surface area contributed by atoms with Crippen LogP contribution in [0.5, 0.6) is 0 Å². The van der Waals surface area contributed by atoms with E-state index in [2.05, 4.69) is 0 Å². The minimum Gasteiger partial charge on any atom is -0.467 e. The lowest BCUT2D eigenvalue weighted by Gasteiger charge is -2.31. The molecule has 3 heterocycles. The molecule has 0 aliphatic heterocycles. The second-order valence-corrected chi connectivity index (χ2v) is 8.51. The topological polar surface area (TPSA) is 58.7 Å². The molecule has 0 spiro atoms. The van der Waals surface area contributed by atoms with Crippen molar-refractivity contribution >= 4 is 23.2 Å². The molecular formula is C23H29N3O3S. The summed E-state index contributed by atoms with van der Waals surface area (Å²) in [5, 5.41) is 1.96. The Hall–Kier alpha value is -2.80. The van der Waals surface area contributed by atoms with E-state index in [0.29, 0.717) is 19.5 Å². The zero-order valence-electron chi connectivity index (χ0n) is 17.8. The standard InChI is InChI=1S/C23H29N3O3S/c1-4-18(2)26(22(27)14-21-10-7-13-30-21)17-23(28)25(16-20-9-6-12-29-20)15-19-8-5-11-24(19)3/h5-13,18H,4,14-17H2,1-3H3. The van der Waals surface area contributed by atoms with E-state index in [-0.39, 0.29) is 24.4 Å². The van der Waals surface area contributed by atoms with E-state index in [0.717, 1.165) is 22.8 Å². The van der Waals surface area contributed by atoms with Crippen LogP contribution in [0.4, 0.5) is 0 Å². The number of nitrogens with zero attached hydrogens (tertiary/aromatic N) is 3. The summed E-state index contributed by atoms with van der Waals surface area (Å²) in [6.07, 6.45) is 4.68. The molecule has 0 saturated heterocycles. The predicted octanol–water partition coefficient (Wildman–Crippen LogP) is 4.08. The molecule has 3 aromatic rings. The lowest BCUT2D eigenvalue weighted by Crippen LogP contribution is -2.46. The first-order chi connectivity index (χ1) is 14.5. The fraction of sp³-hybridized carbons (Fsp3) is 0.391. The first-order valence-corrected chi connectivity index (χ1v) is 11.1. The van der Waals surface area contributed by atoms with Crippen LogP contribution in [0.1, 0.15) is 36.6 Å². The van der Waals surface area contributed by atoms with Crippen molar-refractivity contribution in [3.05, 3.63) is 70.6 Å². The second-order valence-electron chi connectivity index (χ2n) is 7.47. The van der Waals surface area contributed by atoms with E-state index < -0.39 is 0 Å². The van der Waals surface area contributed by atoms with Crippen LogP contribution in [-0.2, 0) is 36.1 Å². The van der Waals surface area contributed by atoms with E-state index in [9.17, 15) is 9.59 Å². The Morgan fingerprint density at radius 1 is 1.13 bits per heavy atom. The molecule has 0 saturated carbocycles. The van der Waals surface area contributed by atoms with Crippen LogP contribution < -0.4 is 0 Å². The average molecular weight is 428 g/mol. The average Bonchev–Trinajstić information content (AvgIpc) is 3.49. The van der Waals surface area contributed by atoms with Gasteiger partial charge >= 0.3 is 0 Å². The van der Waals surface area contributed by atoms with Gasteiger partial charge in [-0.15, -0.1) is 11.3 Å². The number of aromatic nitrogens is 1. The second kappa shape index (κ2) is 10.3. The minimum atomic E-state index is -0.0903. The van der Waals surface area contributed by atoms with Crippen LogP contribution in [0.25, 0.3) is 0 Å². The highest BCUT2D eigenvalue weighted by atomic mass is 32.1. The maximum absolute atomic E-state index is 13.3. The molecule has 160 valence electrons. The molecule has 0 aromatic carbocycles. The number of carbonyl (C=O) groups excluding carboxylic acids is 2. The summed E-state index contributed by atoms with van der Waals surface area (Å²) in [6, 6.07) is 11.5. The molecule has 7 heteroatoms. The number of amides is 2. The van der Waals surface area contributed by atoms with Gasteiger partial charge in [0.2, 0.25) is 11.8 Å². The van der Waals surface area contributed by atoms with E-state index in [1.807, 2.05) is 73.4 Å². The lowest BCUT2D eigenvalue weighted by atomic mass is 10.2. The van der Waals surface area contributed by atoms with Crippen molar-refractivity contribution < 1.29 is 14.0 Å². The van der Waals surface area contributed by atoms with Gasteiger partial charge in [-0.3, -0.25) is 9.59 Å². The molecule has 3 aromatic heterocycles. The van der Waals surface area contributed by atoms with Crippen molar-refractivity contribution in [2.24, 2.45) is 7.05 Å². The lowest BCUT2D eigenvalue weighted by molar-refractivity contribution is -0.142. The van der Waals surface area contributed by atoms with E-state index in [1.54, 1.807) is 27.4 Å². The van der Waals surface area contributed by atoms with Crippen molar-refractivity contribution in [1.29, 1.82) is 0 Å². The maximum atomic E-state index is 13.3. The molecule has 1 unspecified atom stereocenters. The van der Waals surface area contributed by atoms with E-state index in [1.165, 1.54) is 0 Å². The van der Waals surface area contributed by atoms with Gasteiger partial charge in [0.05, 0.1) is 25.8 Å². The van der Waals surface area contributed by atoms with Crippen molar-refractivity contribution in [2.45, 2.75) is 45.8 Å². The van der Waals surface area contributed by atoms with Crippen LogP contribution in [0.15, 0.2) is 58.7 Å². The molecule has 6 nitrogen and oxygen atoms in total. The third-order valence-electron chi connectivity index (χ3n) is 5.34. The van der Waals surface area contributed by atoms with Gasteiger partial charge in [-0.25, -0.2) is 0 Å². The molecule has 0 bridgehead atoms. The van der Waals surface area contributed by atoms with Crippen LogP contribution in [0, 0.1) is 0 Å². The molecule has 30 heavy (non-hydrogen) atoms. The Bertz CT molecular complexity index is 931. The summed E-state index contributed by atoms with van der Waals surface area (Å²) in [5.74, 6) is 0.613. The third-order valence-corrected chi connectivity index (χ3v) is 6.21. The zero-order chi connectivity index (χ0) is 21.5. The Labute approximate surface area is 181 Å². The summed E-state index contributed by atoms with van der Waals surface area (Å²) in [5.41, 5.74) is 1.02. The molecular weight excluding hydrogens is 398 g/mol. The number of hydrogen-bond acceptors (Lipinski definition) is 4. The summed E-state index contributed by atoms with van der Waals surface area (Å²) in [4.78, 5) is 30.8. The molecule has 0 radical (unpaired) electrons. The molecule has 0 aliphatic rings. The Morgan fingerprint density at radius 3 is 2.57 bits per heavy atom.